The number of aromatic nitrogens is 2. The maximum Gasteiger partial charge on any atom is 0.350 e. The number of carbonyl (C=O) groups excluding carboxylic acids is 2. The monoisotopic (exact) mass is 472 g/mol. The van der Waals surface area contributed by atoms with Crippen LogP contribution in [0.4, 0.5) is 0 Å². The highest BCUT2D eigenvalue weighted by atomic mass is 32.1. The van der Waals surface area contributed by atoms with Crippen molar-refractivity contribution in [2.75, 3.05) is 6.61 Å². The molecule has 0 aliphatic rings. The van der Waals surface area contributed by atoms with Crippen molar-refractivity contribution < 1.29 is 19.1 Å². The third kappa shape index (κ3) is 5.21. The molecule has 0 aliphatic carbocycles. The molecule has 0 spiro atoms. The predicted octanol–water partition coefficient (Wildman–Crippen LogP) is 5.75. The van der Waals surface area contributed by atoms with Gasteiger partial charge in [0.15, 0.2) is 5.01 Å². The first-order valence-corrected chi connectivity index (χ1v) is 11.8. The van der Waals surface area contributed by atoms with Crippen LogP contribution < -0.4 is 4.74 Å². The summed E-state index contributed by atoms with van der Waals surface area (Å²) in [5, 5.41) is 0.274. The van der Waals surface area contributed by atoms with Crippen molar-refractivity contribution in [1.82, 2.24) is 9.97 Å². The lowest BCUT2D eigenvalue weighted by atomic mass is 9.95. The Labute approximate surface area is 202 Å². The fourth-order valence-electron chi connectivity index (χ4n) is 3.49. The molecule has 4 aromatic rings. The molecule has 34 heavy (non-hydrogen) atoms. The Morgan fingerprint density at radius 3 is 2.53 bits per heavy atom. The van der Waals surface area contributed by atoms with Crippen LogP contribution in [0, 0.1) is 0 Å². The van der Waals surface area contributed by atoms with Gasteiger partial charge in [-0.25, -0.2) is 9.78 Å². The zero-order valence-corrected chi connectivity index (χ0v) is 19.8. The van der Waals surface area contributed by atoms with E-state index in [9.17, 15) is 9.59 Å². The molecule has 0 fully saturated rings. The van der Waals surface area contributed by atoms with Crippen LogP contribution >= 0.6 is 11.3 Å². The molecule has 0 N–H and O–H groups in total. The van der Waals surface area contributed by atoms with E-state index in [4.69, 9.17) is 9.47 Å². The summed E-state index contributed by atoms with van der Waals surface area (Å²) in [6, 6.07) is 19.0. The van der Waals surface area contributed by atoms with Gasteiger partial charge in [-0.2, -0.15) is 0 Å². The second-order valence-electron chi connectivity index (χ2n) is 7.42. The molecule has 172 valence electrons. The van der Waals surface area contributed by atoms with Crippen molar-refractivity contribution in [2.24, 2.45) is 0 Å². The van der Waals surface area contributed by atoms with Gasteiger partial charge in [-0.1, -0.05) is 43.3 Å². The van der Waals surface area contributed by atoms with Crippen LogP contribution in [0.3, 0.4) is 0 Å². The maximum atomic E-state index is 13.5. The number of benzene rings is 2. The molecular weight excluding hydrogens is 448 g/mol. The highest BCUT2D eigenvalue weighted by Gasteiger charge is 2.24. The van der Waals surface area contributed by atoms with Crippen LogP contribution in [-0.4, -0.2) is 28.3 Å². The number of esters is 1. The third-order valence-electron chi connectivity index (χ3n) is 5.14. The minimum Gasteiger partial charge on any atom is -0.487 e. The van der Waals surface area contributed by atoms with E-state index in [-0.39, 0.29) is 17.4 Å². The van der Waals surface area contributed by atoms with Gasteiger partial charge < -0.3 is 9.47 Å². The number of hydrogen-bond acceptors (Lipinski definition) is 7. The van der Waals surface area contributed by atoms with Crippen molar-refractivity contribution in [2.45, 2.75) is 26.9 Å². The molecule has 2 aromatic carbocycles. The number of hydrogen-bond donors (Lipinski definition) is 0. The molecule has 0 aliphatic heterocycles. The van der Waals surface area contributed by atoms with E-state index in [2.05, 4.69) is 9.97 Å². The van der Waals surface area contributed by atoms with Gasteiger partial charge in [0.2, 0.25) is 5.78 Å². The first-order chi connectivity index (χ1) is 16.6. The molecule has 2 aromatic heterocycles. The second-order valence-corrected chi connectivity index (χ2v) is 8.42. The van der Waals surface area contributed by atoms with Crippen LogP contribution in [0.2, 0.25) is 0 Å². The van der Waals surface area contributed by atoms with Crippen LogP contribution in [0.1, 0.15) is 50.1 Å². The van der Waals surface area contributed by atoms with Gasteiger partial charge in [-0.05, 0) is 54.3 Å². The second kappa shape index (κ2) is 10.9. The first-order valence-electron chi connectivity index (χ1n) is 11.0. The van der Waals surface area contributed by atoms with E-state index in [1.165, 1.54) is 0 Å². The summed E-state index contributed by atoms with van der Waals surface area (Å²) < 4.78 is 11.0. The summed E-state index contributed by atoms with van der Waals surface area (Å²) in [5.74, 6) is 0.00111. The Kier molecular flexibility index (Phi) is 7.44. The van der Waals surface area contributed by atoms with E-state index in [1.807, 2.05) is 61.5 Å². The summed E-state index contributed by atoms with van der Waals surface area (Å²) in [6.07, 6.45) is 3.88. The average molecular weight is 473 g/mol. The Morgan fingerprint density at radius 2 is 1.82 bits per heavy atom. The number of rotatable bonds is 9. The normalized spacial score (nSPS) is 10.6. The van der Waals surface area contributed by atoms with Gasteiger partial charge in [0, 0.05) is 11.8 Å². The summed E-state index contributed by atoms with van der Waals surface area (Å²) in [7, 11) is 0. The lowest BCUT2D eigenvalue weighted by Gasteiger charge is -2.12. The van der Waals surface area contributed by atoms with Crippen LogP contribution in [0.25, 0.3) is 11.1 Å². The van der Waals surface area contributed by atoms with Crippen LogP contribution in [0.5, 0.6) is 5.75 Å². The number of pyridine rings is 1. The highest BCUT2D eigenvalue weighted by molar-refractivity contribution is 7.15. The average Bonchev–Trinajstić information content (AvgIpc) is 3.33. The maximum absolute atomic E-state index is 13.5. The fraction of sp³-hybridized carbons (Fsp3) is 0.185. The largest absolute Gasteiger partial charge is 0.487 e. The SMILES string of the molecule is CCOC(=O)c1sc(C(=O)c2ccc(COc3cccnc3)cc2-c2ccccc2)nc1CC. The number of ketones is 1. The Hall–Kier alpha value is -3.84. The predicted molar refractivity (Wildman–Crippen MR) is 131 cm³/mol. The van der Waals surface area contributed by atoms with Gasteiger partial charge in [0.1, 0.15) is 17.2 Å². The van der Waals surface area contributed by atoms with Gasteiger partial charge in [0.05, 0.1) is 18.5 Å². The van der Waals surface area contributed by atoms with Crippen molar-refractivity contribution in [3.05, 3.63) is 99.8 Å². The lowest BCUT2D eigenvalue weighted by molar-refractivity contribution is 0.0530. The molecule has 0 saturated carbocycles. The summed E-state index contributed by atoms with van der Waals surface area (Å²) in [4.78, 5) is 34.8. The van der Waals surface area contributed by atoms with Gasteiger partial charge in [-0.15, -0.1) is 11.3 Å². The smallest absolute Gasteiger partial charge is 0.350 e. The number of carbonyl (C=O) groups is 2. The third-order valence-corrected chi connectivity index (χ3v) is 6.22. The van der Waals surface area contributed by atoms with Gasteiger partial charge >= 0.3 is 5.97 Å². The minimum absolute atomic E-state index is 0.228. The van der Waals surface area contributed by atoms with Crippen LogP contribution in [0.15, 0.2) is 73.1 Å². The van der Waals surface area contributed by atoms with Crippen molar-refractivity contribution in [3.63, 3.8) is 0 Å². The molecule has 4 rings (SSSR count). The molecule has 0 radical (unpaired) electrons. The zero-order chi connectivity index (χ0) is 23.9. The van der Waals surface area contributed by atoms with E-state index < -0.39 is 5.97 Å². The number of thiazole rings is 1. The van der Waals surface area contributed by atoms with Crippen LogP contribution in [-0.2, 0) is 17.8 Å². The Balaban J connectivity index is 1.69. The molecule has 2 heterocycles. The minimum atomic E-state index is -0.443. The Morgan fingerprint density at radius 1 is 1.00 bits per heavy atom. The van der Waals surface area contributed by atoms with Gasteiger partial charge in [0.25, 0.3) is 0 Å². The summed E-state index contributed by atoms with van der Waals surface area (Å²) >= 11 is 1.08. The standard InChI is InChI=1S/C27H24N2O4S/c1-3-23-25(27(31)32-4-2)34-26(29-23)24(30)21-13-12-18(17-33-20-11-8-14-28-16-20)15-22(21)19-9-6-5-7-10-19/h5-16H,3-4,17H2,1-2H3. The van der Waals surface area contributed by atoms with E-state index in [0.717, 1.165) is 28.0 Å². The molecule has 0 unspecified atom stereocenters. The number of ether oxygens (including phenoxy) is 2. The Bertz CT molecular complexity index is 1290. The first kappa shape index (κ1) is 23.3. The zero-order valence-electron chi connectivity index (χ0n) is 19.0. The van der Waals surface area contributed by atoms with Gasteiger partial charge in [-0.3, -0.25) is 9.78 Å². The van der Waals surface area contributed by atoms with E-state index in [1.54, 1.807) is 25.4 Å². The summed E-state index contributed by atoms with van der Waals surface area (Å²) in [6.45, 7) is 4.26. The molecular formula is C27H24N2O4S. The molecule has 7 heteroatoms. The number of nitrogens with zero attached hydrogens (tertiary/aromatic N) is 2. The molecule has 0 bridgehead atoms. The van der Waals surface area contributed by atoms with Crippen molar-refractivity contribution in [1.29, 1.82) is 0 Å². The topological polar surface area (TPSA) is 78.4 Å². The molecule has 0 atom stereocenters. The van der Waals surface area contributed by atoms with Crippen molar-refractivity contribution >= 4 is 23.1 Å². The molecule has 6 nitrogen and oxygen atoms in total. The highest BCUT2D eigenvalue weighted by Crippen LogP contribution is 2.30. The summed E-state index contributed by atoms with van der Waals surface area (Å²) in [5.41, 5.74) is 3.70. The fourth-order valence-corrected chi connectivity index (χ4v) is 4.50. The lowest BCUT2D eigenvalue weighted by Crippen LogP contribution is -2.05. The molecule has 0 saturated heterocycles. The quantitative estimate of drug-likeness (QED) is 0.228. The molecule has 0 amide bonds. The van der Waals surface area contributed by atoms with Crippen molar-refractivity contribution in [3.8, 4) is 16.9 Å². The van der Waals surface area contributed by atoms with E-state index in [0.29, 0.717) is 34.9 Å². The van der Waals surface area contributed by atoms with E-state index >= 15 is 0 Å². The number of aryl methyl sites for hydroxylation is 1.